The smallest absolute Gasteiger partial charge is 0.490 e. The number of carboxylic acids is 1. The highest BCUT2D eigenvalue weighted by molar-refractivity contribution is 5.99. The Balaban J connectivity index is 0.000000360. The number of halogens is 3. The van der Waals surface area contributed by atoms with Crippen molar-refractivity contribution in [3.8, 4) is 11.5 Å². The molecular weight excluding hydrogens is 425 g/mol. The van der Waals surface area contributed by atoms with E-state index in [9.17, 15) is 18.3 Å². The van der Waals surface area contributed by atoms with Crippen LogP contribution in [0.4, 0.5) is 18.9 Å². The van der Waals surface area contributed by atoms with Gasteiger partial charge in [-0.1, -0.05) is 30.3 Å². The van der Waals surface area contributed by atoms with E-state index >= 15 is 0 Å². The topological polar surface area (TPSA) is 82.9 Å². The number of carboxylic acid groups (broad SMARTS) is 1. The number of methoxy groups -OCH3 is 1. The normalized spacial score (nSPS) is 12.8. The van der Waals surface area contributed by atoms with Crippen LogP contribution in [0.25, 0.3) is 10.9 Å². The molecule has 4 rings (SSSR count). The monoisotopic (exact) mass is 448 g/mol. The van der Waals surface area contributed by atoms with Crippen LogP contribution >= 0.6 is 0 Å². The number of carbonyl (C=O) groups is 1. The molecule has 0 saturated carbocycles. The number of aromatic nitrogens is 1. The van der Waals surface area contributed by atoms with Crippen LogP contribution < -0.4 is 9.64 Å². The van der Waals surface area contributed by atoms with Gasteiger partial charge in [-0.25, -0.2) is 9.78 Å². The number of hydrogen-bond donors (Lipinski definition) is 2. The summed E-state index contributed by atoms with van der Waals surface area (Å²) in [5, 5.41) is 18.5. The Labute approximate surface area is 182 Å². The van der Waals surface area contributed by atoms with E-state index in [-0.39, 0.29) is 5.75 Å². The number of phenolic OH excluding ortho intramolecular Hbond substituents is 1. The molecule has 2 aromatic carbocycles. The van der Waals surface area contributed by atoms with Gasteiger partial charge in [-0.05, 0) is 37.0 Å². The van der Waals surface area contributed by atoms with Crippen LogP contribution in [0.1, 0.15) is 16.8 Å². The van der Waals surface area contributed by atoms with Crippen LogP contribution in [0.2, 0.25) is 0 Å². The summed E-state index contributed by atoms with van der Waals surface area (Å²) in [5.41, 5.74) is 5.49. The minimum atomic E-state index is -5.08. The average molecular weight is 448 g/mol. The second kappa shape index (κ2) is 9.33. The molecule has 1 aromatic heterocycles. The summed E-state index contributed by atoms with van der Waals surface area (Å²) in [6.07, 6.45) is -3.09. The number of benzene rings is 2. The van der Waals surface area contributed by atoms with Gasteiger partial charge in [0.05, 0.1) is 12.8 Å². The van der Waals surface area contributed by atoms with Gasteiger partial charge in [-0.3, -0.25) is 0 Å². The number of aliphatic carboxylic acids is 1. The van der Waals surface area contributed by atoms with Crippen molar-refractivity contribution >= 4 is 22.6 Å². The lowest BCUT2D eigenvalue weighted by atomic mass is 10.1. The third kappa shape index (κ3) is 5.04. The first-order valence-corrected chi connectivity index (χ1v) is 9.91. The first-order chi connectivity index (χ1) is 15.1. The molecule has 6 nitrogen and oxygen atoms in total. The third-order valence-electron chi connectivity index (χ3n) is 5.26. The highest BCUT2D eigenvalue weighted by Gasteiger charge is 2.38. The number of hydrogen-bond acceptors (Lipinski definition) is 5. The molecule has 0 amide bonds. The zero-order valence-electron chi connectivity index (χ0n) is 17.6. The van der Waals surface area contributed by atoms with Crippen molar-refractivity contribution in [2.45, 2.75) is 25.9 Å². The maximum atomic E-state index is 10.6. The van der Waals surface area contributed by atoms with E-state index in [0.717, 1.165) is 37.0 Å². The zero-order chi connectivity index (χ0) is 23.5. The van der Waals surface area contributed by atoms with Crippen LogP contribution in [0.15, 0.2) is 42.5 Å². The molecule has 2 N–H and O–H groups in total. The number of nitrogens with zero attached hydrogens (tertiary/aromatic N) is 2. The number of alkyl halides is 3. The quantitative estimate of drug-likeness (QED) is 0.612. The first-order valence-electron chi connectivity index (χ1n) is 9.91. The van der Waals surface area contributed by atoms with E-state index in [1.165, 1.54) is 16.8 Å². The Morgan fingerprint density at radius 2 is 1.88 bits per heavy atom. The SMILES string of the molecule is COc1cc(O)c2nc(C)c3c(c2c1)N(CCc1ccccc1)CC3.O=C(O)C(F)(F)F. The predicted molar refractivity (Wildman–Crippen MR) is 114 cm³/mol. The molecule has 0 aliphatic carbocycles. The summed E-state index contributed by atoms with van der Waals surface area (Å²) in [4.78, 5) is 16.0. The summed E-state index contributed by atoms with van der Waals surface area (Å²) in [6, 6.07) is 14.2. The lowest BCUT2D eigenvalue weighted by Crippen LogP contribution is -2.23. The fourth-order valence-electron chi connectivity index (χ4n) is 3.73. The Hall–Kier alpha value is -3.49. The lowest BCUT2D eigenvalue weighted by molar-refractivity contribution is -0.192. The number of ether oxygens (including phenoxy) is 1. The van der Waals surface area contributed by atoms with Gasteiger partial charge in [0, 0.05) is 30.2 Å². The van der Waals surface area contributed by atoms with Gasteiger partial charge in [-0.2, -0.15) is 13.2 Å². The molecule has 170 valence electrons. The highest BCUT2D eigenvalue weighted by Crippen LogP contribution is 2.41. The molecule has 0 bridgehead atoms. The van der Waals surface area contributed by atoms with Gasteiger partial charge in [0.1, 0.15) is 17.0 Å². The van der Waals surface area contributed by atoms with E-state index in [4.69, 9.17) is 14.6 Å². The van der Waals surface area contributed by atoms with E-state index < -0.39 is 12.1 Å². The number of fused-ring (bicyclic) bond motifs is 3. The van der Waals surface area contributed by atoms with Crippen molar-refractivity contribution in [1.29, 1.82) is 0 Å². The maximum absolute atomic E-state index is 10.6. The Bertz CT molecular complexity index is 1120. The summed E-state index contributed by atoms with van der Waals surface area (Å²) in [7, 11) is 1.62. The highest BCUT2D eigenvalue weighted by atomic mass is 19.4. The molecule has 3 aromatic rings. The summed E-state index contributed by atoms with van der Waals surface area (Å²) >= 11 is 0. The number of anilines is 1. The largest absolute Gasteiger partial charge is 0.506 e. The van der Waals surface area contributed by atoms with Crippen LogP contribution in [-0.2, 0) is 17.6 Å². The van der Waals surface area contributed by atoms with Gasteiger partial charge in [0.25, 0.3) is 0 Å². The molecule has 9 heteroatoms. The van der Waals surface area contributed by atoms with Crippen molar-refractivity contribution in [2.75, 3.05) is 25.1 Å². The molecule has 1 aliphatic heterocycles. The number of aryl methyl sites for hydroxylation is 1. The van der Waals surface area contributed by atoms with Crippen LogP contribution in [0, 0.1) is 6.92 Å². The molecule has 0 saturated heterocycles. The molecule has 0 unspecified atom stereocenters. The van der Waals surface area contributed by atoms with Crippen LogP contribution in [-0.4, -0.2) is 47.5 Å². The lowest BCUT2D eigenvalue weighted by Gasteiger charge is -2.22. The standard InChI is InChI=1S/C21H22N2O2.C2HF3O2/c1-14-17-9-11-23(10-8-15-6-4-3-5-7-15)21(17)18-12-16(25-2)13-19(24)20(18)22-14;3-2(4,5)1(6)7/h3-7,12-13,24H,8-11H2,1-2H3;(H,6,7). The third-order valence-corrected chi connectivity index (χ3v) is 5.26. The maximum Gasteiger partial charge on any atom is 0.490 e. The molecule has 1 aliphatic rings. The number of rotatable bonds is 4. The zero-order valence-corrected chi connectivity index (χ0v) is 17.6. The van der Waals surface area contributed by atoms with E-state index in [1.807, 2.05) is 19.1 Å². The van der Waals surface area contributed by atoms with Gasteiger partial charge in [-0.15, -0.1) is 0 Å². The molecule has 0 fully saturated rings. The minimum absolute atomic E-state index is 0.176. The number of phenols is 1. The number of pyridine rings is 1. The fourth-order valence-corrected chi connectivity index (χ4v) is 3.73. The molecule has 2 heterocycles. The first kappa shape index (κ1) is 23.2. The second-order valence-electron chi connectivity index (χ2n) is 7.34. The molecule has 0 radical (unpaired) electrons. The van der Waals surface area contributed by atoms with Crippen molar-refractivity contribution in [1.82, 2.24) is 4.98 Å². The van der Waals surface area contributed by atoms with Crippen molar-refractivity contribution < 1.29 is 32.9 Å². The van der Waals surface area contributed by atoms with Crippen LogP contribution in [0.3, 0.4) is 0 Å². The van der Waals surface area contributed by atoms with E-state index in [0.29, 0.717) is 11.3 Å². The van der Waals surface area contributed by atoms with Gasteiger partial charge >= 0.3 is 12.1 Å². The summed E-state index contributed by atoms with van der Waals surface area (Å²) < 4.78 is 37.1. The van der Waals surface area contributed by atoms with Crippen molar-refractivity contribution in [3.63, 3.8) is 0 Å². The Morgan fingerprint density at radius 1 is 1.22 bits per heavy atom. The van der Waals surface area contributed by atoms with Crippen molar-refractivity contribution in [2.24, 2.45) is 0 Å². The molecule has 0 spiro atoms. The Morgan fingerprint density at radius 3 is 2.47 bits per heavy atom. The molecular formula is C23H23F3N2O4. The number of aromatic hydroxyl groups is 1. The van der Waals surface area contributed by atoms with Gasteiger partial charge in [0.2, 0.25) is 0 Å². The average Bonchev–Trinajstić information content (AvgIpc) is 3.18. The summed E-state index contributed by atoms with van der Waals surface area (Å²) in [5.74, 6) is -1.92. The summed E-state index contributed by atoms with van der Waals surface area (Å²) in [6.45, 7) is 3.97. The van der Waals surface area contributed by atoms with Gasteiger partial charge in [0.15, 0.2) is 0 Å². The Kier molecular flexibility index (Phi) is 6.76. The predicted octanol–water partition coefficient (Wildman–Crippen LogP) is 4.50. The molecule has 0 atom stereocenters. The van der Waals surface area contributed by atoms with E-state index in [1.54, 1.807) is 13.2 Å². The molecule has 32 heavy (non-hydrogen) atoms. The van der Waals surface area contributed by atoms with Crippen LogP contribution in [0.5, 0.6) is 11.5 Å². The minimum Gasteiger partial charge on any atom is -0.506 e. The fraction of sp³-hybridized carbons (Fsp3) is 0.304. The second-order valence-corrected chi connectivity index (χ2v) is 7.34. The van der Waals surface area contributed by atoms with Crippen molar-refractivity contribution in [3.05, 3.63) is 59.3 Å². The van der Waals surface area contributed by atoms with E-state index in [2.05, 4.69) is 34.1 Å². The van der Waals surface area contributed by atoms with Gasteiger partial charge < -0.3 is 19.8 Å².